The van der Waals surface area contributed by atoms with Crippen LogP contribution in [0.1, 0.15) is 28.4 Å². The Morgan fingerprint density at radius 3 is 2.32 bits per heavy atom. The van der Waals surface area contributed by atoms with Gasteiger partial charge in [0.05, 0.1) is 7.11 Å². The second kappa shape index (κ2) is 5.41. The first-order chi connectivity index (χ1) is 9.02. The predicted octanol–water partition coefficient (Wildman–Crippen LogP) is 3.53. The largest absolute Gasteiger partial charge is 0.497 e. The molecular weight excluding hydrogens is 243 g/mol. The maximum absolute atomic E-state index is 13.9. The van der Waals surface area contributed by atoms with Gasteiger partial charge in [-0.2, -0.15) is 0 Å². The minimum atomic E-state index is -0.966. The van der Waals surface area contributed by atoms with Gasteiger partial charge >= 0.3 is 0 Å². The zero-order valence-corrected chi connectivity index (χ0v) is 11.3. The Morgan fingerprint density at radius 1 is 1.05 bits per heavy atom. The van der Waals surface area contributed by atoms with Crippen molar-refractivity contribution in [3.63, 3.8) is 0 Å². The summed E-state index contributed by atoms with van der Waals surface area (Å²) in [5.74, 6) is -0.0269. The van der Waals surface area contributed by atoms with Gasteiger partial charge in [-0.15, -0.1) is 0 Å². The molecule has 2 nitrogen and oxygen atoms in total. The van der Waals surface area contributed by atoms with Crippen LogP contribution < -0.4 is 4.74 Å². The van der Waals surface area contributed by atoms with E-state index in [-0.39, 0.29) is 5.56 Å². The molecule has 0 aliphatic heterocycles. The number of benzene rings is 2. The lowest BCUT2D eigenvalue weighted by atomic mass is 9.96. The zero-order valence-electron chi connectivity index (χ0n) is 11.3. The average molecular weight is 260 g/mol. The van der Waals surface area contributed by atoms with E-state index in [1.807, 2.05) is 32.0 Å². The predicted molar refractivity (Wildman–Crippen MR) is 72.9 cm³/mol. The smallest absolute Gasteiger partial charge is 0.133 e. The molecule has 0 amide bonds. The second-order valence-electron chi connectivity index (χ2n) is 4.65. The average Bonchev–Trinajstić information content (AvgIpc) is 2.37. The van der Waals surface area contributed by atoms with Crippen molar-refractivity contribution >= 4 is 0 Å². The van der Waals surface area contributed by atoms with Gasteiger partial charge in [0, 0.05) is 11.6 Å². The third-order valence-electron chi connectivity index (χ3n) is 3.22. The van der Waals surface area contributed by atoms with E-state index in [1.165, 1.54) is 13.2 Å². The van der Waals surface area contributed by atoms with Crippen molar-refractivity contribution in [1.82, 2.24) is 0 Å². The van der Waals surface area contributed by atoms with Crippen LogP contribution in [-0.2, 0) is 0 Å². The van der Waals surface area contributed by atoms with Crippen LogP contribution in [0.2, 0.25) is 0 Å². The maximum Gasteiger partial charge on any atom is 0.133 e. The fourth-order valence-electron chi connectivity index (χ4n) is 2.16. The number of aliphatic hydroxyl groups excluding tert-OH is 1. The number of hydrogen-bond donors (Lipinski definition) is 1. The van der Waals surface area contributed by atoms with E-state index in [9.17, 15) is 9.50 Å². The molecule has 0 fully saturated rings. The van der Waals surface area contributed by atoms with Crippen LogP contribution in [0.25, 0.3) is 0 Å². The molecule has 1 unspecified atom stereocenters. The first-order valence-corrected chi connectivity index (χ1v) is 6.11. The molecule has 3 heteroatoms. The summed E-state index contributed by atoms with van der Waals surface area (Å²) in [6, 6.07) is 10.2. The molecule has 0 spiro atoms. The molecule has 100 valence electrons. The lowest BCUT2D eigenvalue weighted by Crippen LogP contribution is -2.05. The first-order valence-electron chi connectivity index (χ1n) is 6.11. The van der Waals surface area contributed by atoms with Gasteiger partial charge in [-0.1, -0.05) is 23.8 Å². The zero-order chi connectivity index (χ0) is 14.0. The third kappa shape index (κ3) is 2.76. The minimum absolute atomic E-state index is 0.257. The van der Waals surface area contributed by atoms with Gasteiger partial charge in [-0.3, -0.25) is 0 Å². The van der Waals surface area contributed by atoms with Gasteiger partial charge in [-0.25, -0.2) is 4.39 Å². The quantitative estimate of drug-likeness (QED) is 0.914. The summed E-state index contributed by atoms with van der Waals surface area (Å²) in [4.78, 5) is 0. The van der Waals surface area contributed by atoms with E-state index in [0.29, 0.717) is 5.75 Å². The lowest BCUT2D eigenvalue weighted by Gasteiger charge is -2.16. The van der Waals surface area contributed by atoms with E-state index in [0.717, 1.165) is 16.7 Å². The number of rotatable bonds is 3. The third-order valence-corrected chi connectivity index (χ3v) is 3.22. The molecule has 1 N–H and O–H groups in total. The summed E-state index contributed by atoms with van der Waals surface area (Å²) < 4.78 is 18.9. The number of methoxy groups -OCH3 is 1. The Balaban J connectivity index is 2.41. The normalized spacial score (nSPS) is 12.3. The van der Waals surface area contributed by atoms with Crippen molar-refractivity contribution in [2.24, 2.45) is 0 Å². The van der Waals surface area contributed by atoms with Gasteiger partial charge in [-0.05, 0) is 37.1 Å². The summed E-state index contributed by atoms with van der Waals surface area (Å²) in [5, 5.41) is 10.3. The molecule has 1 atom stereocenters. The van der Waals surface area contributed by atoms with Crippen molar-refractivity contribution in [3.8, 4) is 5.75 Å². The highest BCUT2D eigenvalue weighted by Crippen LogP contribution is 2.29. The first kappa shape index (κ1) is 13.6. The number of aryl methyl sites for hydroxylation is 2. The van der Waals surface area contributed by atoms with E-state index in [2.05, 4.69) is 0 Å². The van der Waals surface area contributed by atoms with Gasteiger partial charge in [0.15, 0.2) is 0 Å². The van der Waals surface area contributed by atoms with Crippen LogP contribution in [0, 0.1) is 19.7 Å². The minimum Gasteiger partial charge on any atom is -0.497 e. The number of halogens is 1. The van der Waals surface area contributed by atoms with Gasteiger partial charge < -0.3 is 9.84 Å². The van der Waals surface area contributed by atoms with Crippen LogP contribution in [0.15, 0.2) is 36.4 Å². The van der Waals surface area contributed by atoms with E-state index in [1.54, 1.807) is 12.1 Å². The molecule has 0 aromatic heterocycles. The molecule has 0 saturated carbocycles. The Hall–Kier alpha value is -1.87. The number of ether oxygens (including phenoxy) is 1. The van der Waals surface area contributed by atoms with Crippen molar-refractivity contribution < 1.29 is 14.2 Å². The van der Waals surface area contributed by atoms with Crippen LogP contribution in [0.5, 0.6) is 5.75 Å². The topological polar surface area (TPSA) is 29.5 Å². The number of hydrogen-bond acceptors (Lipinski definition) is 2. The molecule has 0 radical (unpaired) electrons. The van der Waals surface area contributed by atoms with Crippen molar-refractivity contribution in [2.45, 2.75) is 20.0 Å². The molecular formula is C16H17FO2. The maximum atomic E-state index is 13.9. The Kier molecular flexibility index (Phi) is 3.86. The molecule has 2 aromatic rings. The van der Waals surface area contributed by atoms with Crippen LogP contribution in [0.3, 0.4) is 0 Å². The van der Waals surface area contributed by atoms with Crippen LogP contribution >= 0.6 is 0 Å². The Labute approximate surface area is 112 Å². The summed E-state index contributed by atoms with van der Waals surface area (Å²) >= 11 is 0. The van der Waals surface area contributed by atoms with Crippen LogP contribution in [-0.4, -0.2) is 12.2 Å². The highest BCUT2D eigenvalue weighted by Gasteiger charge is 2.17. The highest BCUT2D eigenvalue weighted by molar-refractivity contribution is 5.39. The molecule has 0 bridgehead atoms. The Bertz CT molecular complexity index is 593. The summed E-state index contributed by atoms with van der Waals surface area (Å²) in [5.41, 5.74) is 3.04. The fraction of sp³-hybridized carbons (Fsp3) is 0.250. The fourth-order valence-corrected chi connectivity index (χ4v) is 2.16. The standard InChI is InChI=1S/C16H17FO2/c1-10-4-6-13(11(2)8-10)16(18)14-7-5-12(19-3)9-15(14)17/h4-9,16,18H,1-3H3. The molecule has 2 rings (SSSR count). The molecule has 0 aliphatic carbocycles. The van der Waals surface area contributed by atoms with Gasteiger partial charge in [0.1, 0.15) is 17.7 Å². The Morgan fingerprint density at radius 2 is 1.74 bits per heavy atom. The summed E-state index contributed by atoms with van der Waals surface area (Å²) in [6.07, 6.45) is -0.966. The second-order valence-corrected chi connectivity index (χ2v) is 4.65. The van der Waals surface area contributed by atoms with E-state index < -0.39 is 11.9 Å². The van der Waals surface area contributed by atoms with Gasteiger partial charge in [0.2, 0.25) is 0 Å². The monoisotopic (exact) mass is 260 g/mol. The summed E-state index contributed by atoms with van der Waals surface area (Å²) in [7, 11) is 1.48. The molecule has 0 aliphatic rings. The lowest BCUT2D eigenvalue weighted by molar-refractivity contribution is 0.214. The van der Waals surface area contributed by atoms with Gasteiger partial charge in [0.25, 0.3) is 0 Å². The van der Waals surface area contributed by atoms with E-state index in [4.69, 9.17) is 4.74 Å². The SMILES string of the molecule is COc1ccc(C(O)c2ccc(C)cc2C)c(F)c1. The molecule has 0 saturated heterocycles. The van der Waals surface area contributed by atoms with Crippen molar-refractivity contribution in [2.75, 3.05) is 7.11 Å². The number of aliphatic hydroxyl groups is 1. The highest BCUT2D eigenvalue weighted by atomic mass is 19.1. The summed E-state index contributed by atoms with van der Waals surface area (Å²) in [6.45, 7) is 3.89. The van der Waals surface area contributed by atoms with Crippen LogP contribution in [0.4, 0.5) is 4.39 Å². The van der Waals surface area contributed by atoms with E-state index >= 15 is 0 Å². The molecule has 2 aromatic carbocycles. The molecule has 0 heterocycles. The van der Waals surface area contributed by atoms with Crippen molar-refractivity contribution in [1.29, 1.82) is 0 Å². The van der Waals surface area contributed by atoms with Crippen molar-refractivity contribution in [3.05, 3.63) is 64.5 Å². The molecule has 19 heavy (non-hydrogen) atoms.